The first-order valence-electron chi connectivity index (χ1n) is 7.40. The minimum atomic E-state index is -0.240. The molecule has 124 valence electrons. The molecule has 3 aromatic rings. The van der Waals surface area contributed by atoms with E-state index in [4.69, 9.17) is 12.2 Å². The summed E-state index contributed by atoms with van der Waals surface area (Å²) < 4.78 is 17.1. The highest BCUT2D eigenvalue weighted by Gasteiger charge is 2.06. The molecule has 0 amide bonds. The van der Waals surface area contributed by atoms with Gasteiger partial charge in [0.15, 0.2) is 10.9 Å². The van der Waals surface area contributed by atoms with Gasteiger partial charge in [-0.2, -0.15) is 10.2 Å². The number of anilines is 1. The molecule has 0 aliphatic heterocycles. The lowest BCUT2D eigenvalue weighted by Gasteiger charge is -2.08. The van der Waals surface area contributed by atoms with Crippen LogP contribution in [0, 0.1) is 5.82 Å². The summed E-state index contributed by atoms with van der Waals surface area (Å²) >= 11 is 5.25. The van der Waals surface area contributed by atoms with Gasteiger partial charge in [-0.15, -0.1) is 0 Å². The molecule has 6 nitrogen and oxygen atoms in total. The van der Waals surface area contributed by atoms with Crippen LogP contribution in [0.1, 0.15) is 11.3 Å². The molecule has 0 saturated carbocycles. The summed E-state index contributed by atoms with van der Waals surface area (Å²) in [7, 11) is 1.87. The molecule has 0 saturated heterocycles. The van der Waals surface area contributed by atoms with Gasteiger partial charge < -0.3 is 10.6 Å². The van der Waals surface area contributed by atoms with E-state index in [0.29, 0.717) is 29.6 Å². The molecule has 2 aromatic heterocycles. The average Bonchev–Trinajstić information content (AvgIpc) is 3.17. The first-order chi connectivity index (χ1) is 11.6. The third-order valence-electron chi connectivity index (χ3n) is 3.52. The fourth-order valence-electron chi connectivity index (χ4n) is 2.22. The molecule has 3 rings (SSSR count). The normalized spacial score (nSPS) is 10.6. The summed E-state index contributed by atoms with van der Waals surface area (Å²) in [5.74, 6) is 0.365. The molecular formula is C16H17FN6S. The van der Waals surface area contributed by atoms with E-state index in [1.54, 1.807) is 46.0 Å². The lowest BCUT2D eigenvalue weighted by Crippen LogP contribution is -2.29. The van der Waals surface area contributed by atoms with Crippen molar-refractivity contribution in [2.75, 3.05) is 5.32 Å². The zero-order valence-corrected chi connectivity index (χ0v) is 13.9. The van der Waals surface area contributed by atoms with Crippen molar-refractivity contribution < 1.29 is 4.39 Å². The van der Waals surface area contributed by atoms with Crippen molar-refractivity contribution in [1.29, 1.82) is 0 Å². The van der Waals surface area contributed by atoms with Gasteiger partial charge in [0.1, 0.15) is 5.82 Å². The summed E-state index contributed by atoms with van der Waals surface area (Å²) in [5.41, 5.74) is 1.60. The molecule has 0 unspecified atom stereocenters. The van der Waals surface area contributed by atoms with E-state index < -0.39 is 0 Å². The molecule has 0 atom stereocenters. The number of hydrogen-bond acceptors (Lipinski definition) is 3. The number of hydrogen-bond donors (Lipinski definition) is 2. The second-order valence-corrected chi connectivity index (χ2v) is 5.65. The minimum absolute atomic E-state index is 0.240. The van der Waals surface area contributed by atoms with E-state index in [-0.39, 0.29) is 5.82 Å². The van der Waals surface area contributed by atoms with Crippen LogP contribution in [0.4, 0.5) is 10.2 Å². The SMILES string of the molecule is Cn1nccc1CNC(=S)Nc1ccn(Cc2ccccc2F)n1. The Bertz CT molecular complexity index is 840. The maximum atomic E-state index is 13.7. The predicted octanol–water partition coefficient (Wildman–Crippen LogP) is 2.29. The Morgan fingerprint density at radius 1 is 1.25 bits per heavy atom. The molecule has 0 spiro atoms. The number of nitrogens with one attached hydrogen (secondary N) is 2. The Hall–Kier alpha value is -2.74. The number of halogens is 1. The molecule has 2 N–H and O–H groups in total. The van der Waals surface area contributed by atoms with Crippen LogP contribution in [0.3, 0.4) is 0 Å². The standard InChI is InChI=1S/C16H17FN6S/c1-22-13(6-8-19-22)10-18-16(24)20-15-7-9-23(21-15)11-12-4-2-3-5-14(12)17/h2-9H,10-11H2,1H3,(H2,18,20,21,24). The van der Waals surface area contributed by atoms with Crippen LogP contribution in [-0.2, 0) is 20.1 Å². The first-order valence-corrected chi connectivity index (χ1v) is 7.81. The predicted molar refractivity (Wildman–Crippen MR) is 94.0 cm³/mol. The summed E-state index contributed by atoms with van der Waals surface area (Å²) in [6.07, 6.45) is 3.51. The Kier molecular flexibility index (Phi) is 4.85. The number of benzene rings is 1. The van der Waals surface area contributed by atoms with E-state index in [1.165, 1.54) is 6.07 Å². The lowest BCUT2D eigenvalue weighted by molar-refractivity contribution is 0.586. The highest BCUT2D eigenvalue weighted by Crippen LogP contribution is 2.10. The third-order valence-corrected chi connectivity index (χ3v) is 3.77. The molecule has 8 heteroatoms. The maximum absolute atomic E-state index is 13.7. The summed E-state index contributed by atoms with van der Waals surface area (Å²) in [6, 6.07) is 10.4. The Labute approximate surface area is 144 Å². The van der Waals surface area contributed by atoms with Crippen molar-refractivity contribution in [3.8, 4) is 0 Å². The van der Waals surface area contributed by atoms with Crippen LogP contribution in [0.25, 0.3) is 0 Å². The van der Waals surface area contributed by atoms with E-state index >= 15 is 0 Å². The van der Waals surface area contributed by atoms with Gasteiger partial charge in [-0.05, 0) is 24.4 Å². The minimum Gasteiger partial charge on any atom is -0.357 e. The Morgan fingerprint density at radius 2 is 2.08 bits per heavy atom. The number of nitrogens with zero attached hydrogens (tertiary/aromatic N) is 4. The van der Waals surface area contributed by atoms with E-state index in [9.17, 15) is 4.39 Å². The van der Waals surface area contributed by atoms with Gasteiger partial charge in [0.25, 0.3) is 0 Å². The highest BCUT2D eigenvalue weighted by molar-refractivity contribution is 7.80. The zero-order chi connectivity index (χ0) is 16.9. The van der Waals surface area contributed by atoms with Crippen molar-refractivity contribution >= 4 is 23.1 Å². The first kappa shape index (κ1) is 16.1. The van der Waals surface area contributed by atoms with Crippen molar-refractivity contribution in [3.05, 3.63) is 65.9 Å². The third kappa shape index (κ3) is 3.96. The van der Waals surface area contributed by atoms with Crippen LogP contribution in [0.15, 0.2) is 48.8 Å². The number of rotatable bonds is 5. The van der Waals surface area contributed by atoms with Gasteiger partial charge in [-0.1, -0.05) is 18.2 Å². The monoisotopic (exact) mass is 344 g/mol. The number of aromatic nitrogens is 4. The van der Waals surface area contributed by atoms with Crippen LogP contribution >= 0.6 is 12.2 Å². The fraction of sp³-hybridized carbons (Fsp3) is 0.188. The molecular weight excluding hydrogens is 327 g/mol. The van der Waals surface area contributed by atoms with Gasteiger partial charge in [0.05, 0.1) is 18.8 Å². The number of thiocarbonyl (C=S) groups is 1. The molecule has 0 aliphatic carbocycles. The molecule has 0 bridgehead atoms. The molecule has 0 radical (unpaired) electrons. The van der Waals surface area contributed by atoms with Gasteiger partial charge in [-0.3, -0.25) is 9.36 Å². The maximum Gasteiger partial charge on any atom is 0.172 e. The highest BCUT2D eigenvalue weighted by atomic mass is 32.1. The van der Waals surface area contributed by atoms with Crippen LogP contribution < -0.4 is 10.6 Å². The van der Waals surface area contributed by atoms with Crippen LogP contribution in [0.2, 0.25) is 0 Å². The summed E-state index contributed by atoms with van der Waals surface area (Å²) in [5, 5.41) is 15.0. The van der Waals surface area contributed by atoms with Crippen LogP contribution in [-0.4, -0.2) is 24.7 Å². The van der Waals surface area contributed by atoms with E-state index in [2.05, 4.69) is 20.8 Å². The van der Waals surface area contributed by atoms with Crippen molar-refractivity contribution in [1.82, 2.24) is 24.9 Å². The Morgan fingerprint density at radius 3 is 2.83 bits per heavy atom. The second-order valence-electron chi connectivity index (χ2n) is 5.24. The van der Waals surface area contributed by atoms with Gasteiger partial charge in [-0.25, -0.2) is 4.39 Å². The summed E-state index contributed by atoms with van der Waals surface area (Å²) in [6.45, 7) is 0.932. The summed E-state index contributed by atoms with van der Waals surface area (Å²) in [4.78, 5) is 0. The molecule has 0 aliphatic rings. The van der Waals surface area contributed by atoms with E-state index in [1.807, 2.05) is 13.1 Å². The molecule has 1 aromatic carbocycles. The largest absolute Gasteiger partial charge is 0.357 e. The van der Waals surface area contributed by atoms with Crippen molar-refractivity contribution in [2.24, 2.45) is 7.05 Å². The number of aryl methyl sites for hydroxylation is 1. The average molecular weight is 344 g/mol. The van der Waals surface area contributed by atoms with Crippen molar-refractivity contribution in [2.45, 2.75) is 13.1 Å². The smallest absolute Gasteiger partial charge is 0.172 e. The van der Waals surface area contributed by atoms with Crippen molar-refractivity contribution in [3.63, 3.8) is 0 Å². The molecule has 2 heterocycles. The fourth-order valence-corrected chi connectivity index (χ4v) is 2.40. The second kappa shape index (κ2) is 7.22. The lowest BCUT2D eigenvalue weighted by atomic mass is 10.2. The topological polar surface area (TPSA) is 59.7 Å². The zero-order valence-electron chi connectivity index (χ0n) is 13.1. The van der Waals surface area contributed by atoms with E-state index in [0.717, 1.165) is 5.69 Å². The molecule has 24 heavy (non-hydrogen) atoms. The van der Waals surface area contributed by atoms with Gasteiger partial charge in [0, 0.05) is 31.1 Å². The quantitative estimate of drug-likeness (QED) is 0.696. The molecule has 0 fully saturated rings. The van der Waals surface area contributed by atoms with Gasteiger partial charge in [0.2, 0.25) is 0 Å². The van der Waals surface area contributed by atoms with Crippen LogP contribution in [0.5, 0.6) is 0 Å². The Balaban J connectivity index is 1.55. The van der Waals surface area contributed by atoms with Gasteiger partial charge >= 0.3 is 0 Å².